The highest BCUT2D eigenvalue weighted by molar-refractivity contribution is 5.85. The van der Waals surface area contributed by atoms with Gasteiger partial charge in [-0.2, -0.15) is 0 Å². The zero-order valence-electron chi connectivity index (χ0n) is 12.4. The third-order valence-corrected chi connectivity index (χ3v) is 2.89. The van der Waals surface area contributed by atoms with Crippen molar-refractivity contribution < 1.29 is 9.90 Å². The lowest BCUT2D eigenvalue weighted by Gasteiger charge is -2.07. The SMILES string of the molecule is CC.CC(C)c1ccc(-c2ccc(C(=O)O)nc2)cc1. The molecule has 0 fully saturated rings. The van der Waals surface area contributed by atoms with E-state index in [0.29, 0.717) is 5.92 Å². The molecule has 0 saturated carbocycles. The van der Waals surface area contributed by atoms with Crippen molar-refractivity contribution in [3.63, 3.8) is 0 Å². The number of benzene rings is 1. The average Bonchev–Trinajstić information content (AvgIpc) is 2.49. The monoisotopic (exact) mass is 271 g/mol. The zero-order chi connectivity index (χ0) is 15.1. The Balaban J connectivity index is 0.000000956. The number of carboxylic acid groups (broad SMARTS) is 1. The summed E-state index contributed by atoms with van der Waals surface area (Å²) in [6, 6.07) is 11.5. The van der Waals surface area contributed by atoms with E-state index >= 15 is 0 Å². The molecule has 2 rings (SSSR count). The van der Waals surface area contributed by atoms with Gasteiger partial charge in [0.1, 0.15) is 5.69 Å². The van der Waals surface area contributed by atoms with Crippen LogP contribution in [-0.4, -0.2) is 16.1 Å². The van der Waals surface area contributed by atoms with Crippen LogP contribution in [0.4, 0.5) is 0 Å². The minimum absolute atomic E-state index is 0.0672. The largest absolute Gasteiger partial charge is 0.477 e. The summed E-state index contributed by atoms with van der Waals surface area (Å²) in [4.78, 5) is 14.6. The average molecular weight is 271 g/mol. The third kappa shape index (κ3) is 3.92. The number of pyridine rings is 1. The molecule has 0 aliphatic carbocycles. The molecule has 0 saturated heterocycles. The minimum Gasteiger partial charge on any atom is -0.477 e. The zero-order valence-corrected chi connectivity index (χ0v) is 12.4. The fourth-order valence-corrected chi connectivity index (χ4v) is 1.75. The van der Waals surface area contributed by atoms with Gasteiger partial charge >= 0.3 is 5.97 Å². The quantitative estimate of drug-likeness (QED) is 0.887. The Hall–Kier alpha value is -2.16. The number of aromatic nitrogens is 1. The molecule has 0 radical (unpaired) electrons. The van der Waals surface area contributed by atoms with Gasteiger partial charge in [0.05, 0.1) is 0 Å². The molecular weight excluding hydrogens is 250 g/mol. The van der Waals surface area contributed by atoms with Crippen molar-refractivity contribution in [3.05, 3.63) is 53.9 Å². The molecule has 1 aromatic carbocycles. The van der Waals surface area contributed by atoms with E-state index < -0.39 is 5.97 Å². The molecule has 0 atom stereocenters. The van der Waals surface area contributed by atoms with E-state index in [9.17, 15) is 4.79 Å². The Morgan fingerprint density at radius 3 is 1.95 bits per heavy atom. The van der Waals surface area contributed by atoms with E-state index in [2.05, 4.69) is 31.0 Å². The second-order valence-electron chi connectivity index (χ2n) is 4.51. The lowest BCUT2D eigenvalue weighted by Crippen LogP contribution is -1.99. The first-order valence-electron chi connectivity index (χ1n) is 6.87. The molecule has 0 aliphatic heterocycles. The van der Waals surface area contributed by atoms with Crippen LogP contribution in [0.3, 0.4) is 0 Å². The summed E-state index contributed by atoms with van der Waals surface area (Å²) in [6.45, 7) is 8.30. The number of hydrogen-bond acceptors (Lipinski definition) is 2. The first kappa shape index (κ1) is 15.9. The van der Waals surface area contributed by atoms with Gasteiger partial charge in [-0.15, -0.1) is 0 Å². The second kappa shape index (κ2) is 7.43. The molecule has 2 aromatic rings. The van der Waals surface area contributed by atoms with Crippen LogP contribution in [0.1, 0.15) is 49.7 Å². The lowest BCUT2D eigenvalue weighted by atomic mass is 9.99. The highest BCUT2D eigenvalue weighted by Crippen LogP contribution is 2.22. The van der Waals surface area contributed by atoms with Crippen molar-refractivity contribution in [2.45, 2.75) is 33.6 Å². The normalized spacial score (nSPS) is 9.85. The lowest BCUT2D eigenvalue weighted by molar-refractivity contribution is 0.0690. The van der Waals surface area contributed by atoms with Gasteiger partial charge in [0.2, 0.25) is 0 Å². The van der Waals surface area contributed by atoms with Gasteiger partial charge in [0.25, 0.3) is 0 Å². The van der Waals surface area contributed by atoms with Crippen LogP contribution in [0.15, 0.2) is 42.6 Å². The van der Waals surface area contributed by atoms with Crippen LogP contribution in [0, 0.1) is 0 Å². The fraction of sp³-hybridized carbons (Fsp3) is 0.294. The summed E-state index contributed by atoms with van der Waals surface area (Å²) in [6.07, 6.45) is 1.59. The summed E-state index contributed by atoms with van der Waals surface area (Å²) < 4.78 is 0. The van der Waals surface area contributed by atoms with Crippen LogP contribution in [0.25, 0.3) is 11.1 Å². The topological polar surface area (TPSA) is 50.2 Å². The van der Waals surface area contributed by atoms with Crippen molar-refractivity contribution in [2.75, 3.05) is 0 Å². The smallest absolute Gasteiger partial charge is 0.354 e. The summed E-state index contributed by atoms with van der Waals surface area (Å²) >= 11 is 0. The molecule has 0 bridgehead atoms. The molecular formula is C17H21NO2. The number of aromatic carboxylic acids is 1. The minimum atomic E-state index is -1.00. The Bertz CT molecular complexity index is 542. The van der Waals surface area contributed by atoms with Crippen molar-refractivity contribution >= 4 is 5.97 Å². The summed E-state index contributed by atoms with van der Waals surface area (Å²) in [5, 5.41) is 8.78. The van der Waals surface area contributed by atoms with E-state index in [0.717, 1.165) is 11.1 Å². The van der Waals surface area contributed by atoms with E-state index in [1.54, 1.807) is 12.3 Å². The van der Waals surface area contributed by atoms with Crippen molar-refractivity contribution in [1.82, 2.24) is 4.98 Å². The highest BCUT2D eigenvalue weighted by atomic mass is 16.4. The molecule has 0 amide bonds. The van der Waals surface area contributed by atoms with Crippen molar-refractivity contribution in [3.8, 4) is 11.1 Å². The first-order valence-corrected chi connectivity index (χ1v) is 6.87. The molecule has 0 aliphatic rings. The predicted octanol–water partition coefficient (Wildman–Crippen LogP) is 4.60. The van der Waals surface area contributed by atoms with E-state index in [1.807, 2.05) is 26.0 Å². The van der Waals surface area contributed by atoms with Gasteiger partial charge in [-0.05, 0) is 23.1 Å². The highest BCUT2D eigenvalue weighted by Gasteiger charge is 2.05. The number of nitrogens with zero attached hydrogens (tertiary/aromatic N) is 1. The molecule has 0 unspecified atom stereocenters. The summed E-state index contributed by atoms with van der Waals surface area (Å²) in [5.41, 5.74) is 3.32. The predicted molar refractivity (Wildman–Crippen MR) is 82.1 cm³/mol. The maximum Gasteiger partial charge on any atom is 0.354 e. The number of rotatable bonds is 3. The number of carboxylic acids is 1. The van der Waals surface area contributed by atoms with Gasteiger partial charge in [0, 0.05) is 11.8 Å². The maximum absolute atomic E-state index is 10.7. The molecule has 0 spiro atoms. The van der Waals surface area contributed by atoms with Crippen LogP contribution >= 0.6 is 0 Å². The number of carbonyl (C=O) groups is 1. The van der Waals surface area contributed by atoms with Gasteiger partial charge < -0.3 is 5.11 Å². The maximum atomic E-state index is 10.7. The Morgan fingerprint density at radius 2 is 1.55 bits per heavy atom. The van der Waals surface area contributed by atoms with Crippen LogP contribution in [0.2, 0.25) is 0 Å². The molecule has 3 heteroatoms. The van der Waals surface area contributed by atoms with E-state index in [4.69, 9.17) is 5.11 Å². The van der Waals surface area contributed by atoms with Crippen LogP contribution in [-0.2, 0) is 0 Å². The third-order valence-electron chi connectivity index (χ3n) is 2.89. The van der Waals surface area contributed by atoms with Crippen LogP contribution < -0.4 is 0 Å². The van der Waals surface area contributed by atoms with Gasteiger partial charge in [-0.1, -0.05) is 58.0 Å². The van der Waals surface area contributed by atoms with Gasteiger partial charge in [0.15, 0.2) is 0 Å². The van der Waals surface area contributed by atoms with Crippen molar-refractivity contribution in [1.29, 1.82) is 0 Å². The summed E-state index contributed by atoms with van der Waals surface area (Å²) in [5.74, 6) is -0.497. The van der Waals surface area contributed by atoms with Crippen LogP contribution in [0.5, 0.6) is 0 Å². The van der Waals surface area contributed by atoms with E-state index in [1.165, 1.54) is 11.6 Å². The Labute approximate surface area is 120 Å². The van der Waals surface area contributed by atoms with Gasteiger partial charge in [-0.25, -0.2) is 9.78 Å². The molecule has 20 heavy (non-hydrogen) atoms. The molecule has 1 aromatic heterocycles. The fourth-order valence-electron chi connectivity index (χ4n) is 1.75. The Morgan fingerprint density at radius 1 is 1.00 bits per heavy atom. The number of hydrogen-bond donors (Lipinski definition) is 1. The molecule has 106 valence electrons. The second-order valence-corrected chi connectivity index (χ2v) is 4.51. The Kier molecular flexibility index (Phi) is 5.91. The summed E-state index contributed by atoms with van der Waals surface area (Å²) in [7, 11) is 0. The molecule has 1 N–H and O–H groups in total. The standard InChI is InChI=1S/C15H15NO2.C2H6/c1-10(2)11-3-5-12(6-4-11)13-7-8-14(15(17)18)16-9-13;1-2/h3-10H,1-2H3,(H,17,18);1-2H3. The molecule has 1 heterocycles. The van der Waals surface area contributed by atoms with E-state index in [-0.39, 0.29) is 5.69 Å². The van der Waals surface area contributed by atoms with Gasteiger partial charge in [-0.3, -0.25) is 0 Å². The molecule has 3 nitrogen and oxygen atoms in total. The first-order chi connectivity index (χ1) is 9.58. The van der Waals surface area contributed by atoms with Crippen molar-refractivity contribution in [2.24, 2.45) is 0 Å².